The third kappa shape index (κ3) is 3.30. The maximum Gasteiger partial charge on any atom is 0.284 e. The SMILES string of the molecule is CN(CC1CCCCO1)C(=O)C(C)(C)n1c[c]nc1C(N)=O. The first-order valence-corrected chi connectivity index (χ1v) is 7.47. The highest BCUT2D eigenvalue weighted by Crippen LogP contribution is 2.21. The molecule has 0 aliphatic carbocycles. The molecule has 0 saturated carbocycles. The van der Waals surface area contributed by atoms with Gasteiger partial charge in [0.1, 0.15) is 11.7 Å². The molecule has 1 radical (unpaired) electrons. The number of carbonyl (C=O) groups excluding carboxylic acids is 2. The molecule has 2 N–H and O–H groups in total. The lowest BCUT2D eigenvalue weighted by Crippen LogP contribution is -2.49. The molecule has 0 aromatic carbocycles. The number of imidazole rings is 1. The third-order valence-electron chi connectivity index (χ3n) is 4.03. The average Bonchev–Trinajstić information content (AvgIpc) is 2.98. The molecule has 1 aromatic heterocycles. The van der Waals surface area contributed by atoms with Crippen LogP contribution in [0.1, 0.15) is 43.7 Å². The summed E-state index contributed by atoms with van der Waals surface area (Å²) in [5.74, 6) is -0.781. The van der Waals surface area contributed by atoms with Crippen LogP contribution in [-0.2, 0) is 15.1 Å². The minimum Gasteiger partial charge on any atom is -0.376 e. The largest absolute Gasteiger partial charge is 0.376 e. The standard InChI is InChI=1S/C15H23N4O3/c1-15(2,19-8-7-17-13(19)12(16)20)14(21)18(3)10-11-6-4-5-9-22-11/h8,11H,4-6,9-10H2,1-3H3,(H2,16,20). The van der Waals surface area contributed by atoms with E-state index in [1.165, 1.54) is 10.8 Å². The highest BCUT2D eigenvalue weighted by molar-refractivity contribution is 5.91. The number of nitrogens with zero attached hydrogens (tertiary/aromatic N) is 3. The third-order valence-corrected chi connectivity index (χ3v) is 4.03. The number of primary amides is 1. The summed E-state index contributed by atoms with van der Waals surface area (Å²) in [6.07, 6.45) is 7.29. The monoisotopic (exact) mass is 307 g/mol. The van der Waals surface area contributed by atoms with E-state index in [1.54, 1.807) is 25.8 Å². The summed E-state index contributed by atoms with van der Waals surface area (Å²) >= 11 is 0. The molecule has 1 fully saturated rings. The first-order valence-electron chi connectivity index (χ1n) is 7.47. The lowest BCUT2D eigenvalue weighted by molar-refractivity contribution is -0.140. The van der Waals surface area contributed by atoms with Crippen molar-refractivity contribution >= 4 is 11.8 Å². The Morgan fingerprint density at radius 1 is 1.55 bits per heavy atom. The molecular formula is C15H23N4O3. The van der Waals surface area contributed by atoms with Crippen LogP contribution < -0.4 is 5.73 Å². The molecular weight excluding hydrogens is 284 g/mol. The van der Waals surface area contributed by atoms with E-state index in [9.17, 15) is 9.59 Å². The Bertz CT molecular complexity index is 547. The maximum atomic E-state index is 12.8. The minimum absolute atomic E-state index is 0.0284. The van der Waals surface area contributed by atoms with Gasteiger partial charge in [0, 0.05) is 26.4 Å². The quantitative estimate of drug-likeness (QED) is 0.860. The number of hydrogen-bond donors (Lipinski definition) is 1. The van der Waals surface area contributed by atoms with Gasteiger partial charge in [-0.05, 0) is 33.1 Å². The fourth-order valence-electron chi connectivity index (χ4n) is 2.77. The van der Waals surface area contributed by atoms with Gasteiger partial charge < -0.3 is 19.9 Å². The smallest absolute Gasteiger partial charge is 0.284 e. The molecule has 1 unspecified atom stereocenters. The summed E-state index contributed by atoms with van der Waals surface area (Å²) in [5, 5.41) is 0. The van der Waals surface area contributed by atoms with Crippen LogP contribution in [-0.4, -0.2) is 52.6 Å². The number of ether oxygens (including phenoxy) is 1. The zero-order chi connectivity index (χ0) is 16.3. The molecule has 0 spiro atoms. The number of rotatable bonds is 5. The van der Waals surface area contributed by atoms with Crippen LogP contribution in [0.5, 0.6) is 0 Å². The highest BCUT2D eigenvalue weighted by atomic mass is 16.5. The van der Waals surface area contributed by atoms with Crippen LogP contribution in [0.4, 0.5) is 0 Å². The molecule has 1 saturated heterocycles. The molecule has 1 aromatic rings. The Hall–Kier alpha value is -1.89. The van der Waals surface area contributed by atoms with E-state index in [0.717, 1.165) is 25.9 Å². The predicted molar refractivity (Wildman–Crippen MR) is 80.1 cm³/mol. The Morgan fingerprint density at radius 2 is 2.27 bits per heavy atom. The summed E-state index contributed by atoms with van der Waals surface area (Å²) in [7, 11) is 1.74. The van der Waals surface area contributed by atoms with Gasteiger partial charge >= 0.3 is 0 Å². The Balaban J connectivity index is 2.11. The van der Waals surface area contributed by atoms with E-state index in [4.69, 9.17) is 10.5 Å². The number of hydrogen-bond acceptors (Lipinski definition) is 4. The second kappa shape index (κ2) is 6.48. The molecule has 0 bridgehead atoms. The van der Waals surface area contributed by atoms with Crippen molar-refractivity contribution in [2.75, 3.05) is 20.2 Å². The van der Waals surface area contributed by atoms with Gasteiger partial charge in [0.15, 0.2) is 5.82 Å². The average molecular weight is 307 g/mol. The predicted octanol–water partition coefficient (Wildman–Crippen LogP) is 0.545. The van der Waals surface area contributed by atoms with Crippen LogP contribution >= 0.6 is 0 Å². The molecule has 22 heavy (non-hydrogen) atoms. The molecule has 2 heterocycles. The van der Waals surface area contributed by atoms with E-state index in [1.807, 2.05) is 0 Å². The summed E-state index contributed by atoms with van der Waals surface area (Å²) in [6.45, 7) is 4.75. The minimum atomic E-state index is -0.971. The van der Waals surface area contributed by atoms with E-state index in [0.29, 0.717) is 6.54 Å². The van der Waals surface area contributed by atoms with Gasteiger partial charge in [0.2, 0.25) is 5.91 Å². The summed E-state index contributed by atoms with van der Waals surface area (Å²) in [4.78, 5) is 29.6. The fraction of sp³-hybridized carbons (Fsp3) is 0.667. The summed E-state index contributed by atoms with van der Waals surface area (Å²) in [6, 6.07) is 0. The van der Waals surface area contributed by atoms with Crippen molar-refractivity contribution in [2.24, 2.45) is 5.73 Å². The van der Waals surface area contributed by atoms with Crippen molar-refractivity contribution < 1.29 is 14.3 Å². The van der Waals surface area contributed by atoms with Crippen molar-refractivity contribution in [1.82, 2.24) is 14.5 Å². The molecule has 7 heteroatoms. The number of likely N-dealkylation sites (N-methyl/N-ethyl adjacent to an activating group) is 1. The maximum absolute atomic E-state index is 12.8. The van der Waals surface area contributed by atoms with E-state index in [-0.39, 0.29) is 17.8 Å². The van der Waals surface area contributed by atoms with Gasteiger partial charge in [-0.3, -0.25) is 9.59 Å². The van der Waals surface area contributed by atoms with E-state index < -0.39 is 11.4 Å². The van der Waals surface area contributed by atoms with Gasteiger partial charge in [0.05, 0.1) is 6.10 Å². The van der Waals surface area contributed by atoms with Crippen LogP contribution in [0.25, 0.3) is 0 Å². The number of aromatic nitrogens is 2. The molecule has 2 amide bonds. The van der Waals surface area contributed by atoms with Gasteiger partial charge in [-0.15, -0.1) is 0 Å². The van der Waals surface area contributed by atoms with E-state index in [2.05, 4.69) is 11.2 Å². The lowest BCUT2D eigenvalue weighted by atomic mass is 10.0. The number of amides is 2. The molecule has 1 aliphatic heterocycles. The summed E-state index contributed by atoms with van der Waals surface area (Å²) < 4.78 is 7.14. The second-order valence-electron chi connectivity index (χ2n) is 6.16. The molecule has 7 nitrogen and oxygen atoms in total. The number of carbonyl (C=O) groups is 2. The van der Waals surface area contributed by atoms with Crippen LogP contribution in [0, 0.1) is 6.20 Å². The van der Waals surface area contributed by atoms with E-state index >= 15 is 0 Å². The zero-order valence-corrected chi connectivity index (χ0v) is 13.3. The first-order chi connectivity index (χ1) is 10.3. The molecule has 1 atom stereocenters. The van der Waals surface area contributed by atoms with Crippen molar-refractivity contribution in [2.45, 2.75) is 44.8 Å². The van der Waals surface area contributed by atoms with Gasteiger partial charge in [-0.1, -0.05) is 0 Å². The normalized spacial score (nSPS) is 19.0. The second-order valence-corrected chi connectivity index (χ2v) is 6.16. The van der Waals surface area contributed by atoms with Crippen molar-refractivity contribution in [3.8, 4) is 0 Å². The Morgan fingerprint density at radius 3 is 2.86 bits per heavy atom. The van der Waals surface area contributed by atoms with Crippen molar-refractivity contribution in [3.05, 3.63) is 18.2 Å². The fourth-order valence-corrected chi connectivity index (χ4v) is 2.77. The van der Waals surface area contributed by atoms with Crippen molar-refractivity contribution in [3.63, 3.8) is 0 Å². The number of nitrogens with two attached hydrogens (primary N) is 1. The van der Waals surface area contributed by atoms with Gasteiger partial charge in [-0.2, -0.15) is 0 Å². The molecule has 121 valence electrons. The molecule has 1 aliphatic rings. The molecule has 2 rings (SSSR count). The van der Waals surface area contributed by atoms with Crippen LogP contribution in [0.2, 0.25) is 0 Å². The van der Waals surface area contributed by atoms with Crippen molar-refractivity contribution in [1.29, 1.82) is 0 Å². The zero-order valence-electron chi connectivity index (χ0n) is 13.3. The topological polar surface area (TPSA) is 90.4 Å². The Kier molecular flexibility index (Phi) is 4.85. The summed E-state index contributed by atoms with van der Waals surface area (Å²) in [5.41, 5.74) is 4.32. The van der Waals surface area contributed by atoms with Gasteiger partial charge in [0.25, 0.3) is 5.91 Å². The lowest BCUT2D eigenvalue weighted by Gasteiger charge is -2.34. The van der Waals surface area contributed by atoms with Crippen LogP contribution in [0.3, 0.4) is 0 Å². The highest BCUT2D eigenvalue weighted by Gasteiger charge is 2.35. The van der Waals surface area contributed by atoms with Gasteiger partial charge in [-0.25, -0.2) is 4.98 Å². The Labute approximate surface area is 130 Å². The first kappa shape index (κ1) is 16.5. The van der Waals surface area contributed by atoms with Crippen LogP contribution in [0.15, 0.2) is 6.20 Å².